The van der Waals surface area contributed by atoms with Crippen LogP contribution in [0.1, 0.15) is 11.1 Å². The molecular formula is C29H23F2N5O4S. The Morgan fingerprint density at radius 1 is 1.02 bits per heavy atom. The van der Waals surface area contributed by atoms with Gasteiger partial charge < -0.3 is 15.4 Å². The fourth-order valence-electron chi connectivity index (χ4n) is 4.73. The molecule has 0 atom stereocenters. The molecule has 3 heterocycles. The molecule has 6 rings (SSSR count). The van der Waals surface area contributed by atoms with Crippen molar-refractivity contribution in [2.45, 2.75) is 17.7 Å². The molecule has 0 aliphatic carbocycles. The molecule has 1 aliphatic heterocycles. The van der Waals surface area contributed by atoms with Gasteiger partial charge in [-0.2, -0.15) is 4.98 Å². The van der Waals surface area contributed by atoms with Crippen LogP contribution in [0.5, 0.6) is 5.75 Å². The second-order valence-electron chi connectivity index (χ2n) is 9.55. The number of aryl methyl sites for hydroxylation is 1. The topological polar surface area (TPSA) is 115 Å². The molecule has 1 amide bonds. The van der Waals surface area contributed by atoms with Gasteiger partial charge in [-0.1, -0.05) is 18.2 Å². The monoisotopic (exact) mass is 575 g/mol. The van der Waals surface area contributed by atoms with Gasteiger partial charge >= 0.3 is 0 Å². The molecule has 0 fully saturated rings. The molecule has 0 radical (unpaired) electrons. The lowest BCUT2D eigenvalue weighted by Crippen LogP contribution is -2.15. The summed E-state index contributed by atoms with van der Waals surface area (Å²) in [5, 5.41) is 10.4. The molecule has 5 aromatic rings. The Hall–Kier alpha value is -4.84. The van der Waals surface area contributed by atoms with Crippen LogP contribution in [0, 0.1) is 11.6 Å². The number of amides is 1. The van der Waals surface area contributed by atoms with Crippen LogP contribution in [0.3, 0.4) is 0 Å². The quantitative estimate of drug-likeness (QED) is 0.283. The zero-order valence-corrected chi connectivity index (χ0v) is 22.5. The summed E-state index contributed by atoms with van der Waals surface area (Å²) in [7, 11) is -1.82. The van der Waals surface area contributed by atoms with Crippen LogP contribution < -0.4 is 15.4 Å². The molecule has 0 saturated carbocycles. The average molecular weight is 576 g/mol. The molecule has 0 saturated heterocycles. The maximum absolute atomic E-state index is 13.9. The molecule has 9 nitrogen and oxygen atoms in total. The number of anilines is 3. The molecule has 12 heteroatoms. The van der Waals surface area contributed by atoms with E-state index in [1.54, 1.807) is 22.7 Å². The lowest BCUT2D eigenvalue weighted by Gasteiger charge is -2.11. The summed E-state index contributed by atoms with van der Waals surface area (Å²) in [6.07, 6.45) is 2.03. The first kappa shape index (κ1) is 26.4. The molecular weight excluding hydrogens is 552 g/mol. The van der Waals surface area contributed by atoms with Gasteiger partial charge in [0.25, 0.3) is 0 Å². The zero-order chi connectivity index (χ0) is 28.7. The van der Waals surface area contributed by atoms with Crippen molar-refractivity contribution in [2.24, 2.45) is 0 Å². The van der Waals surface area contributed by atoms with Crippen molar-refractivity contribution in [1.82, 2.24) is 14.6 Å². The van der Waals surface area contributed by atoms with Crippen molar-refractivity contribution in [3.8, 4) is 16.9 Å². The number of aromatic nitrogens is 3. The number of hydrogen-bond acceptors (Lipinski definition) is 7. The number of ether oxygens (including phenoxy) is 1. The van der Waals surface area contributed by atoms with Gasteiger partial charge in [0.15, 0.2) is 15.5 Å². The number of hydrogen-bond donors (Lipinski definition) is 2. The summed E-state index contributed by atoms with van der Waals surface area (Å²) in [6, 6.07) is 17.2. The minimum absolute atomic E-state index is 0.0770. The number of carbonyl (C=O) groups is 1. The predicted molar refractivity (Wildman–Crippen MR) is 149 cm³/mol. The van der Waals surface area contributed by atoms with Crippen molar-refractivity contribution in [1.29, 1.82) is 0 Å². The first-order valence-electron chi connectivity index (χ1n) is 12.6. The molecule has 208 valence electrons. The van der Waals surface area contributed by atoms with Gasteiger partial charge in [-0.15, -0.1) is 5.10 Å². The van der Waals surface area contributed by atoms with Gasteiger partial charge in [0, 0.05) is 29.6 Å². The van der Waals surface area contributed by atoms with E-state index in [2.05, 4.69) is 20.7 Å². The molecule has 2 aromatic heterocycles. The first-order valence-corrected chi connectivity index (χ1v) is 14.2. The van der Waals surface area contributed by atoms with E-state index in [-0.39, 0.29) is 17.7 Å². The van der Waals surface area contributed by atoms with Gasteiger partial charge in [-0.3, -0.25) is 4.79 Å². The third kappa shape index (κ3) is 5.33. The SMILES string of the molecule is COc1cc2c(cc1Nc1nc3ccc(-c4ccc(NC(=O)Cc5ccc(F)cc5F)cc4)cn3n1)CCS2(=O)=O. The summed E-state index contributed by atoms with van der Waals surface area (Å²) >= 11 is 0. The Morgan fingerprint density at radius 2 is 1.80 bits per heavy atom. The largest absolute Gasteiger partial charge is 0.495 e. The predicted octanol–water partition coefficient (Wildman–Crippen LogP) is 4.94. The third-order valence-electron chi connectivity index (χ3n) is 6.80. The zero-order valence-electron chi connectivity index (χ0n) is 21.7. The highest BCUT2D eigenvalue weighted by Gasteiger charge is 2.28. The number of methoxy groups -OCH3 is 1. The Balaban J connectivity index is 1.17. The molecule has 1 aliphatic rings. The van der Waals surface area contributed by atoms with Crippen LogP contribution in [-0.2, 0) is 27.5 Å². The van der Waals surface area contributed by atoms with E-state index in [0.29, 0.717) is 40.0 Å². The fourth-order valence-corrected chi connectivity index (χ4v) is 6.28. The maximum atomic E-state index is 13.9. The standard InChI is InChI=1S/C29H23F2N5O4S/c1-40-25-15-26-19(10-11-41(26,38)39)12-24(25)33-29-34-27-9-5-20(16-36(27)35-29)17-3-7-22(8-4-17)32-28(37)13-18-2-6-21(30)14-23(18)31/h2-9,12,14-16H,10-11,13H2,1H3,(H,32,37)(H,33,35). The number of carbonyl (C=O) groups excluding carboxylic acids is 1. The van der Waals surface area contributed by atoms with E-state index in [4.69, 9.17) is 4.74 Å². The highest BCUT2D eigenvalue weighted by molar-refractivity contribution is 7.91. The van der Waals surface area contributed by atoms with E-state index in [1.807, 2.05) is 30.5 Å². The highest BCUT2D eigenvalue weighted by Crippen LogP contribution is 2.36. The molecule has 2 N–H and O–H groups in total. The minimum atomic E-state index is -3.29. The minimum Gasteiger partial charge on any atom is -0.495 e. The summed E-state index contributed by atoms with van der Waals surface area (Å²) in [6.45, 7) is 0. The maximum Gasteiger partial charge on any atom is 0.247 e. The van der Waals surface area contributed by atoms with Crippen LogP contribution >= 0.6 is 0 Å². The van der Waals surface area contributed by atoms with Crippen LogP contribution in [0.4, 0.5) is 26.1 Å². The van der Waals surface area contributed by atoms with E-state index < -0.39 is 27.4 Å². The van der Waals surface area contributed by atoms with Crippen molar-refractivity contribution >= 4 is 38.7 Å². The van der Waals surface area contributed by atoms with E-state index in [0.717, 1.165) is 28.8 Å². The van der Waals surface area contributed by atoms with Crippen molar-refractivity contribution in [2.75, 3.05) is 23.5 Å². The number of pyridine rings is 1. The lowest BCUT2D eigenvalue weighted by molar-refractivity contribution is -0.115. The number of nitrogens with one attached hydrogen (secondary N) is 2. The Bertz CT molecular complexity index is 1920. The average Bonchev–Trinajstić information content (AvgIpc) is 3.48. The lowest BCUT2D eigenvalue weighted by atomic mass is 10.1. The van der Waals surface area contributed by atoms with Gasteiger partial charge in [-0.05, 0) is 59.5 Å². The highest BCUT2D eigenvalue weighted by atomic mass is 32.2. The van der Waals surface area contributed by atoms with Crippen LogP contribution in [0.15, 0.2) is 77.8 Å². The number of sulfone groups is 1. The molecule has 0 unspecified atom stereocenters. The molecule has 0 bridgehead atoms. The van der Waals surface area contributed by atoms with Crippen molar-refractivity contribution in [3.63, 3.8) is 0 Å². The number of fused-ring (bicyclic) bond motifs is 2. The van der Waals surface area contributed by atoms with E-state index in [1.165, 1.54) is 19.2 Å². The normalized spacial score (nSPS) is 13.6. The Labute approximate surface area is 233 Å². The van der Waals surface area contributed by atoms with Gasteiger partial charge in [0.2, 0.25) is 11.9 Å². The number of halogens is 2. The fraction of sp³-hybridized carbons (Fsp3) is 0.138. The molecule has 0 spiro atoms. The summed E-state index contributed by atoms with van der Waals surface area (Å²) in [4.78, 5) is 17.1. The molecule has 3 aromatic carbocycles. The molecule has 41 heavy (non-hydrogen) atoms. The summed E-state index contributed by atoms with van der Waals surface area (Å²) < 4.78 is 58.5. The first-order chi connectivity index (χ1) is 19.7. The van der Waals surface area contributed by atoms with Crippen LogP contribution in [0.25, 0.3) is 16.8 Å². The van der Waals surface area contributed by atoms with Gasteiger partial charge in [0.1, 0.15) is 17.4 Å². The van der Waals surface area contributed by atoms with Crippen molar-refractivity contribution in [3.05, 3.63) is 95.7 Å². The van der Waals surface area contributed by atoms with Crippen LogP contribution in [-0.4, -0.2) is 41.8 Å². The Kier molecular flexibility index (Phi) is 6.62. The van der Waals surface area contributed by atoms with Crippen molar-refractivity contribution < 1.29 is 26.7 Å². The smallest absolute Gasteiger partial charge is 0.247 e. The summed E-state index contributed by atoms with van der Waals surface area (Å²) in [5.41, 5.74) is 4.24. The Morgan fingerprint density at radius 3 is 2.56 bits per heavy atom. The van der Waals surface area contributed by atoms with E-state index in [9.17, 15) is 22.0 Å². The second-order valence-corrected chi connectivity index (χ2v) is 11.6. The number of benzene rings is 3. The third-order valence-corrected chi connectivity index (χ3v) is 8.60. The second kappa shape index (κ2) is 10.3. The van der Waals surface area contributed by atoms with Gasteiger partial charge in [-0.25, -0.2) is 21.7 Å². The number of nitrogens with zero attached hydrogens (tertiary/aromatic N) is 3. The summed E-state index contributed by atoms with van der Waals surface area (Å²) in [5.74, 6) is -1.11. The number of rotatable bonds is 7. The van der Waals surface area contributed by atoms with E-state index >= 15 is 0 Å². The van der Waals surface area contributed by atoms with Gasteiger partial charge in [0.05, 0.1) is 29.9 Å². The van der Waals surface area contributed by atoms with Crippen LogP contribution in [0.2, 0.25) is 0 Å².